The Balaban J connectivity index is 2.16. The molecule has 0 aromatic carbocycles. The number of aromatic nitrogens is 2. The Morgan fingerprint density at radius 2 is 2.21 bits per heavy atom. The van der Waals surface area contributed by atoms with Crippen molar-refractivity contribution in [3.05, 3.63) is 18.7 Å². The number of carboxylic acids is 1. The third kappa shape index (κ3) is 1.52. The molecule has 76 valence electrons. The van der Waals surface area contributed by atoms with Gasteiger partial charge in [0, 0.05) is 18.9 Å². The zero-order valence-electron chi connectivity index (χ0n) is 8.02. The van der Waals surface area contributed by atoms with E-state index in [9.17, 15) is 9.90 Å². The van der Waals surface area contributed by atoms with Crippen LogP contribution in [0.4, 0.5) is 0 Å². The van der Waals surface area contributed by atoms with Crippen LogP contribution in [0, 0.1) is 5.41 Å². The average molecular weight is 194 g/mol. The molecule has 1 aliphatic carbocycles. The SMILES string of the molecule is O=C(O)C1(Cn2ccnc2)CCCC1. The molecule has 4 nitrogen and oxygen atoms in total. The van der Waals surface area contributed by atoms with Crippen LogP contribution in [-0.4, -0.2) is 20.6 Å². The second-order valence-electron chi connectivity index (χ2n) is 4.03. The van der Waals surface area contributed by atoms with Crippen LogP contribution >= 0.6 is 0 Å². The van der Waals surface area contributed by atoms with E-state index in [4.69, 9.17) is 0 Å². The molecule has 1 aromatic rings. The topological polar surface area (TPSA) is 55.1 Å². The van der Waals surface area contributed by atoms with Gasteiger partial charge >= 0.3 is 5.97 Å². The molecule has 1 N–H and O–H groups in total. The van der Waals surface area contributed by atoms with E-state index in [0.29, 0.717) is 6.54 Å². The van der Waals surface area contributed by atoms with Crippen LogP contribution in [0.25, 0.3) is 0 Å². The number of hydrogen-bond donors (Lipinski definition) is 1. The van der Waals surface area contributed by atoms with Gasteiger partial charge in [-0.05, 0) is 12.8 Å². The van der Waals surface area contributed by atoms with Crippen LogP contribution < -0.4 is 0 Å². The van der Waals surface area contributed by atoms with E-state index in [1.165, 1.54) is 0 Å². The molecule has 0 atom stereocenters. The molecule has 0 aliphatic heterocycles. The summed E-state index contributed by atoms with van der Waals surface area (Å²) in [5.74, 6) is -0.663. The number of nitrogens with zero attached hydrogens (tertiary/aromatic N) is 2. The molecule has 2 rings (SSSR count). The van der Waals surface area contributed by atoms with Crippen molar-refractivity contribution < 1.29 is 9.90 Å². The van der Waals surface area contributed by atoms with E-state index in [-0.39, 0.29) is 0 Å². The number of carboxylic acid groups (broad SMARTS) is 1. The minimum atomic E-state index is -0.663. The van der Waals surface area contributed by atoms with Gasteiger partial charge in [0.25, 0.3) is 0 Å². The maximum absolute atomic E-state index is 11.2. The molecular weight excluding hydrogens is 180 g/mol. The molecule has 0 spiro atoms. The first-order valence-electron chi connectivity index (χ1n) is 4.92. The summed E-state index contributed by atoms with van der Waals surface area (Å²) in [6, 6.07) is 0. The summed E-state index contributed by atoms with van der Waals surface area (Å²) in [6.07, 6.45) is 8.83. The van der Waals surface area contributed by atoms with E-state index in [0.717, 1.165) is 25.7 Å². The van der Waals surface area contributed by atoms with Crippen molar-refractivity contribution in [2.24, 2.45) is 5.41 Å². The lowest BCUT2D eigenvalue weighted by atomic mass is 9.86. The monoisotopic (exact) mass is 194 g/mol. The molecular formula is C10H14N2O2. The summed E-state index contributed by atoms with van der Waals surface area (Å²) < 4.78 is 1.86. The van der Waals surface area contributed by atoms with Crippen LogP contribution in [0.3, 0.4) is 0 Å². The molecule has 0 unspecified atom stereocenters. The number of carbonyl (C=O) groups is 1. The van der Waals surface area contributed by atoms with Gasteiger partial charge in [0.15, 0.2) is 0 Å². The largest absolute Gasteiger partial charge is 0.481 e. The van der Waals surface area contributed by atoms with E-state index >= 15 is 0 Å². The van der Waals surface area contributed by atoms with Gasteiger partial charge in [-0.25, -0.2) is 4.98 Å². The van der Waals surface area contributed by atoms with Crippen LogP contribution in [0.1, 0.15) is 25.7 Å². The molecule has 0 amide bonds. The number of aliphatic carboxylic acids is 1. The summed E-state index contributed by atoms with van der Waals surface area (Å²) in [7, 11) is 0. The Morgan fingerprint density at radius 3 is 2.71 bits per heavy atom. The maximum Gasteiger partial charge on any atom is 0.311 e. The molecule has 1 aliphatic rings. The number of imidazole rings is 1. The quantitative estimate of drug-likeness (QED) is 0.793. The zero-order valence-corrected chi connectivity index (χ0v) is 8.02. The van der Waals surface area contributed by atoms with E-state index in [1.54, 1.807) is 12.5 Å². The third-order valence-electron chi connectivity index (χ3n) is 3.06. The summed E-state index contributed by atoms with van der Waals surface area (Å²) in [4.78, 5) is 15.1. The fraction of sp³-hybridized carbons (Fsp3) is 0.600. The van der Waals surface area contributed by atoms with Crippen molar-refractivity contribution in [2.45, 2.75) is 32.2 Å². The number of hydrogen-bond acceptors (Lipinski definition) is 2. The second kappa shape index (κ2) is 3.44. The predicted octanol–water partition coefficient (Wildman–Crippen LogP) is 1.53. The van der Waals surface area contributed by atoms with Gasteiger partial charge in [-0.1, -0.05) is 12.8 Å². The summed E-state index contributed by atoms with van der Waals surface area (Å²) in [5, 5.41) is 9.23. The fourth-order valence-electron chi connectivity index (χ4n) is 2.22. The standard InChI is InChI=1S/C10H14N2O2/c13-9(14)10(3-1-2-4-10)7-12-6-5-11-8-12/h5-6,8H,1-4,7H2,(H,13,14). The van der Waals surface area contributed by atoms with Gasteiger partial charge in [-0.15, -0.1) is 0 Å². The van der Waals surface area contributed by atoms with Gasteiger partial charge in [-0.3, -0.25) is 4.79 Å². The Bertz CT molecular complexity index is 313. The van der Waals surface area contributed by atoms with E-state index < -0.39 is 11.4 Å². The first kappa shape index (κ1) is 9.24. The Hall–Kier alpha value is -1.32. The molecule has 1 saturated carbocycles. The van der Waals surface area contributed by atoms with Gasteiger partial charge in [-0.2, -0.15) is 0 Å². The molecule has 4 heteroatoms. The highest BCUT2D eigenvalue weighted by molar-refractivity contribution is 5.74. The van der Waals surface area contributed by atoms with E-state index in [1.807, 2.05) is 10.8 Å². The molecule has 14 heavy (non-hydrogen) atoms. The molecule has 0 saturated heterocycles. The van der Waals surface area contributed by atoms with Crippen LogP contribution in [0.2, 0.25) is 0 Å². The zero-order chi connectivity index (χ0) is 10.0. The molecule has 1 fully saturated rings. The number of rotatable bonds is 3. The van der Waals surface area contributed by atoms with Crippen LogP contribution in [0.15, 0.2) is 18.7 Å². The van der Waals surface area contributed by atoms with Crippen molar-refractivity contribution >= 4 is 5.97 Å². The molecule has 1 aromatic heterocycles. The lowest BCUT2D eigenvalue weighted by Crippen LogP contribution is -2.32. The first-order chi connectivity index (χ1) is 6.73. The van der Waals surface area contributed by atoms with Crippen molar-refractivity contribution in [3.8, 4) is 0 Å². The van der Waals surface area contributed by atoms with Gasteiger partial charge < -0.3 is 9.67 Å². The minimum Gasteiger partial charge on any atom is -0.481 e. The fourth-order valence-corrected chi connectivity index (χ4v) is 2.22. The first-order valence-corrected chi connectivity index (χ1v) is 4.92. The highest BCUT2D eigenvalue weighted by atomic mass is 16.4. The Kier molecular flexibility index (Phi) is 2.27. The summed E-state index contributed by atoms with van der Waals surface area (Å²) in [6.45, 7) is 0.558. The normalized spacial score (nSPS) is 19.7. The minimum absolute atomic E-state index is 0.541. The molecule has 0 radical (unpaired) electrons. The van der Waals surface area contributed by atoms with Crippen molar-refractivity contribution in [1.82, 2.24) is 9.55 Å². The molecule has 0 bridgehead atoms. The summed E-state index contributed by atoms with van der Waals surface area (Å²) in [5.41, 5.74) is -0.541. The van der Waals surface area contributed by atoms with Crippen molar-refractivity contribution in [1.29, 1.82) is 0 Å². The Morgan fingerprint density at radius 1 is 1.50 bits per heavy atom. The Labute approximate surface area is 82.6 Å². The van der Waals surface area contributed by atoms with Crippen molar-refractivity contribution in [2.75, 3.05) is 0 Å². The van der Waals surface area contributed by atoms with E-state index in [2.05, 4.69) is 4.98 Å². The van der Waals surface area contributed by atoms with Gasteiger partial charge in [0.1, 0.15) is 0 Å². The van der Waals surface area contributed by atoms with Gasteiger partial charge in [0.2, 0.25) is 0 Å². The maximum atomic E-state index is 11.2. The lowest BCUT2D eigenvalue weighted by Gasteiger charge is -2.23. The molecule has 1 heterocycles. The van der Waals surface area contributed by atoms with Crippen molar-refractivity contribution in [3.63, 3.8) is 0 Å². The summed E-state index contributed by atoms with van der Waals surface area (Å²) >= 11 is 0. The highest BCUT2D eigenvalue weighted by Crippen LogP contribution is 2.39. The third-order valence-corrected chi connectivity index (χ3v) is 3.06. The van der Waals surface area contributed by atoms with Crippen LogP contribution in [0.5, 0.6) is 0 Å². The average Bonchev–Trinajstić information content (AvgIpc) is 2.76. The van der Waals surface area contributed by atoms with Crippen LogP contribution in [-0.2, 0) is 11.3 Å². The smallest absolute Gasteiger partial charge is 0.311 e. The highest BCUT2D eigenvalue weighted by Gasteiger charge is 2.41. The predicted molar refractivity (Wildman–Crippen MR) is 50.8 cm³/mol. The van der Waals surface area contributed by atoms with Gasteiger partial charge in [0.05, 0.1) is 11.7 Å². The lowest BCUT2D eigenvalue weighted by molar-refractivity contribution is -0.149. The second-order valence-corrected chi connectivity index (χ2v) is 4.03.